The Hall–Kier alpha value is -4.30. The van der Waals surface area contributed by atoms with Gasteiger partial charge < -0.3 is 31.2 Å². The van der Waals surface area contributed by atoms with Gasteiger partial charge in [-0.05, 0) is 75.4 Å². The van der Waals surface area contributed by atoms with Gasteiger partial charge in [0.25, 0.3) is 0 Å². The molecule has 49 heavy (non-hydrogen) atoms. The number of esters is 1. The van der Waals surface area contributed by atoms with Crippen LogP contribution in [0.15, 0.2) is 53.4 Å². The third kappa shape index (κ3) is 10.8. The number of likely N-dealkylation sites (tertiary alicyclic amines) is 1. The van der Waals surface area contributed by atoms with Crippen molar-refractivity contribution >= 4 is 39.2 Å². The van der Waals surface area contributed by atoms with Gasteiger partial charge in [0.1, 0.15) is 23.4 Å². The highest BCUT2D eigenvalue weighted by Crippen LogP contribution is 2.30. The highest BCUT2D eigenvalue weighted by atomic mass is 32.2. The summed E-state index contributed by atoms with van der Waals surface area (Å²) in [7, 11) is -1.22. The lowest BCUT2D eigenvalue weighted by Gasteiger charge is -2.28. The third-order valence-corrected chi connectivity index (χ3v) is 10.9. The Balaban J connectivity index is 1.73. The summed E-state index contributed by atoms with van der Waals surface area (Å²) < 4.78 is 37.1. The van der Waals surface area contributed by atoms with Gasteiger partial charge >= 0.3 is 5.97 Å². The van der Waals surface area contributed by atoms with Crippen molar-refractivity contribution in [3.05, 3.63) is 59.7 Å². The van der Waals surface area contributed by atoms with Crippen molar-refractivity contribution in [3.63, 3.8) is 0 Å². The Morgan fingerprint density at radius 3 is 2.31 bits per heavy atom. The monoisotopic (exact) mass is 699 g/mol. The number of unbranched alkanes of at least 4 members (excludes halogenated alkanes) is 1. The molecular formula is C35H49N5O8S. The largest absolute Gasteiger partial charge is 0.497 e. The quantitative estimate of drug-likeness (QED) is 0.0729. The molecular weight excluding hydrogens is 650 g/mol. The molecule has 2 amide bonds. The second-order valence-corrected chi connectivity index (χ2v) is 14.7. The van der Waals surface area contributed by atoms with Gasteiger partial charge in [0, 0.05) is 31.5 Å². The van der Waals surface area contributed by atoms with Crippen LogP contribution in [0.2, 0.25) is 0 Å². The van der Waals surface area contributed by atoms with Gasteiger partial charge in [-0.3, -0.25) is 24.6 Å². The fourth-order valence-corrected chi connectivity index (χ4v) is 7.65. The maximum absolute atomic E-state index is 14.0. The molecule has 0 saturated carbocycles. The van der Waals surface area contributed by atoms with Crippen molar-refractivity contribution in [2.24, 2.45) is 22.8 Å². The molecule has 1 heterocycles. The van der Waals surface area contributed by atoms with Crippen LogP contribution in [-0.2, 0) is 40.3 Å². The lowest BCUT2D eigenvalue weighted by atomic mass is 9.81. The normalized spacial score (nSPS) is 16.3. The number of carbonyl (C=O) groups is 4. The molecule has 0 bridgehead atoms. The highest BCUT2D eigenvalue weighted by molar-refractivity contribution is 7.91. The number of nitrogens with one attached hydrogen (secondary N) is 2. The van der Waals surface area contributed by atoms with E-state index in [1.54, 1.807) is 31.2 Å². The van der Waals surface area contributed by atoms with Crippen LogP contribution in [0.25, 0.3) is 0 Å². The summed E-state index contributed by atoms with van der Waals surface area (Å²) in [5, 5.41) is 10.4. The van der Waals surface area contributed by atoms with Crippen LogP contribution in [-0.4, -0.2) is 81.8 Å². The minimum atomic E-state index is -4.00. The predicted octanol–water partition coefficient (Wildman–Crippen LogP) is 2.72. The van der Waals surface area contributed by atoms with Crippen LogP contribution in [0.5, 0.6) is 5.75 Å². The number of rotatable bonds is 19. The number of benzene rings is 2. The van der Waals surface area contributed by atoms with Gasteiger partial charge in [-0.2, -0.15) is 0 Å². The Kier molecular flexibility index (Phi) is 14.3. The molecule has 3 atom stereocenters. The van der Waals surface area contributed by atoms with Gasteiger partial charge in [0.05, 0.1) is 36.2 Å². The fraction of sp³-hybridized carbons (Fsp3) is 0.514. The maximum atomic E-state index is 14.0. The number of hydrogen-bond acceptors (Lipinski definition) is 10. The van der Waals surface area contributed by atoms with Crippen molar-refractivity contribution in [2.45, 2.75) is 75.8 Å². The second kappa shape index (κ2) is 17.9. The molecule has 0 radical (unpaired) electrons. The Bertz CT molecular complexity index is 1580. The van der Waals surface area contributed by atoms with E-state index in [0.29, 0.717) is 56.4 Å². The number of hydrogen-bond donors (Lipinski definition) is 4. The molecule has 3 rings (SSSR count). The zero-order valence-corrected chi connectivity index (χ0v) is 29.4. The number of amidine groups is 1. The van der Waals surface area contributed by atoms with Crippen LogP contribution in [0.3, 0.4) is 0 Å². The molecule has 0 spiro atoms. The molecule has 14 heteroatoms. The van der Waals surface area contributed by atoms with Crippen molar-refractivity contribution in [1.82, 2.24) is 10.2 Å². The summed E-state index contributed by atoms with van der Waals surface area (Å²) in [5.41, 5.74) is 11.8. The molecule has 268 valence electrons. The molecule has 2 aromatic carbocycles. The Morgan fingerprint density at radius 1 is 1.04 bits per heavy atom. The number of carbonyl (C=O) groups excluding carboxylic acids is 4. The van der Waals surface area contributed by atoms with E-state index in [2.05, 4.69) is 5.32 Å². The molecule has 2 aromatic rings. The van der Waals surface area contributed by atoms with E-state index >= 15 is 0 Å². The molecule has 1 saturated heterocycles. The number of sulfone groups is 1. The molecule has 0 aliphatic carbocycles. The lowest BCUT2D eigenvalue weighted by Crippen LogP contribution is -2.49. The van der Waals surface area contributed by atoms with Gasteiger partial charge in [0.2, 0.25) is 11.8 Å². The van der Waals surface area contributed by atoms with Crippen LogP contribution >= 0.6 is 0 Å². The number of Topliss-reactive ketones (excluding diaryl/α,β-unsaturated/α-hetero) is 1. The first-order valence-corrected chi connectivity index (χ1v) is 18.1. The standard InChI is InChI=1S/C35H49N5O8S/c1-35(18-19-36,34(44)48-3)17-5-4-7-27(41)21-26(23-49(45,46)29-15-13-28(47-2)14-16-29)33(43)40-20-6-8-30(40)32(42)39-22-24-9-11-25(12-10-24)31(37)38/h9-16,26,30H,4-8,17-23,36H2,1-3H3,(H3,37,38)(H,39,42)/t26-,30-,35?/m0/s1. The van der Waals surface area contributed by atoms with Crippen molar-refractivity contribution in [3.8, 4) is 5.75 Å². The topological polar surface area (TPSA) is 212 Å². The van der Waals surface area contributed by atoms with E-state index in [0.717, 1.165) is 5.56 Å². The number of ketones is 1. The van der Waals surface area contributed by atoms with Crippen LogP contribution in [0, 0.1) is 16.7 Å². The molecule has 1 unspecified atom stereocenters. The number of methoxy groups -OCH3 is 2. The maximum Gasteiger partial charge on any atom is 0.311 e. The van der Waals surface area contributed by atoms with E-state index in [4.69, 9.17) is 26.4 Å². The van der Waals surface area contributed by atoms with Crippen LogP contribution < -0.4 is 21.5 Å². The first kappa shape index (κ1) is 39.1. The van der Waals surface area contributed by atoms with E-state index in [-0.39, 0.29) is 54.3 Å². The van der Waals surface area contributed by atoms with Crippen molar-refractivity contribution in [1.29, 1.82) is 5.41 Å². The Morgan fingerprint density at radius 2 is 1.71 bits per heavy atom. The number of nitrogens with zero attached hydrogens (tertiary/aromatic N) is 1. The predicted molar refractivity (Wildman–Crippen MR) is 184 cm³/mol. The number of nitrogen functional groups attached to an aromatic ring is 1. The molecule has 1 aliphatic heterocycles. The lowest BCUT2D eigenvalue weighted by molar-refractivity contribution is -0.152. The van der Waals surface area contributed by atoms with E-state index in [1.807, 2.05) is 0 Å². The first-order valence-electron chi connectivity index (χ1n) is 16.4. The highest BCUT2D eigenvalue weighted by Gasteiger charge is 2.39. The summed E-state index contributed by atoms with van der Waals surface area (Å²) in [4.78, 5) is 54.3. The summed E-state index contributed by atoms with van der Waals surface area (Å²) in [6, 6.07) is 11.8. The average Bonchev–Trinajstić information content (AvgIpc) is 3.58. The second-order valence-electron chi connectivity index (χ2n) is 12.7. The van der Waals surface area contributed by atoms with Gasteiger partial charge in [-0.15, -0.1) is 0 Å². The smallest absolute Gasteiger partial charge is 0.311 e. The summed E-state index contributed by atoms with van der Waals surface area (Å²) >= 11 is 0. The van der Waals surface area contributed by atoms with Gasteiger partial charge in [-0.1, -0.05) is 30.7 Å². The minimum Gasteiger partial charge on any atom is -0.497 e. The number of amides is 2. The summed E-state index contributed by atoms with van der Waals surface area (Å²) in [6.07, 6.45) is 2.60. The zero-order valence-electron chi connectivity index (χ0n) is 28.5. The molecule has 1 fully saturated rings. The van der Waals surface area contributed by atoms with Crippen LogP contribution in [0.4, 0.5) is 0 Å². The summed E-state index contributed by atoms with van der Waals surface area (Å²) in [6.45, 7) is 2.52. The zero-order chi connectivity index (χ0) is 36.2. The molecule has 6 N–H and O–H groups in total. The van der Waals surface area contributed by atoms with Crippen molar-refractivity contribution in [2.75, 3.05) is 33.1 Å². The Labute approximate surface area is 288 Å². The molecule has 1 aliphatic rings. The van der Waals surface area contributed by atoms with E-state index in [9.17, 15) is 27.6 Å². The summed E-state index contributed by atoms with van der Waals surface area (Å²) in [5.74, 6) is -2.99. The SMILES string of the molecule is COC(=O)C(C)(CCN)CCCCC(=O)C[C@@H](CS(=O)(=O)c1ccc(OC)cc1)C(=O)N1CCC[C@H]1C(=O)NCc1ccc(C(=N)N)cc1. The first-order chi connectivity index (χ1) is 23.2. The van der Waals surface area contributed by atoms with E-state index < -0.39 is 38.9 Å². The molecule has 0 aromatic heterocycles. The fourth-order valence-electron chi connectivity index (χ4n) is 6.12. The minimum absolute atomic E-state index is 0.00736. The average molecular weight is 700 g/mol. The van der Waals surface area contributed by atoms with Gasteiger partial charge in [-0.25, -0.2) is 8.42 Å². The van der Waals surface area contributed by atoms with Gasteiger partial charge in [0.15, 0.2) is 9.84 Å². The number of ether oxygens (including phenoxy) is 2. The van der Waals surface area contributed by atoms with Crippen LogP contribution in [0.1, 0.15) is 69.4 Å². The third-order valence-electron chi connectivity index (χ3n) is 9.04. The number of nitrogens with two attached hydrogens (primary N) is 2. The van der Waals surface area contributed by atoms with Crippen molar-refractivity contribution < 1.29 is 37.1 Å². The van der Waals surface area contributed by atoms with E-state index in [1.165, 1.54) is 43.4 Å². The molecule has 13 nitrogen and oxygen atoms in total.